The predicted molar refractivity (Wildman–Crippen MR) is 97.5 cm³/mol. The number of nitrogens with zero attached hydrogens (tertiary/aromatic N) is 3. The van der Waals surface area contributed by atoms with Gasteiger partial charge in [0.15, 0.2) is 0 Å². The molecule has 26 heavy (non-hydrogen) atoms. The lowest BCUT2D eigenvalue weighted by Crippen LogP contribution is -2.23. The zero-order valence-corrected chi connectivity index (χ0v) is 14.6. The van der Waals surface area contributed by atoms with Gasteiger partial charge >= 0.3 is 0 Å². The maximum Gasteiger partial charge on any atom is 0.277 e. The van der Waals surface area contributed by atoms with Gasteiger partial charge in [-0.3, -0.25) is 9.59 Å². The summed E-state index contributed by atoms with van der Waals surface area (Å²) in [5, 5.41) is 7.12. The van der Waals surface area contributed by atoms with Crippen molar-refractivity contribution in [2.75, 3.05) is 5.32 Å². The molecule has 2 heterocycles. The minimum absolute atomic E-state index is 0.127. The molecular weight excluding hydrogens is 356 g/mol. The molecule has 0 radical (unpaired) electrons. The van der Waals surface area contributed by atoms with Gasteiger partial charge in [-0.25, -0.2) is 9.67 Å². The number of anilines is 1. The molecule has 7 nitrogen and oxygen atoms in total. The summed E-state index contributed by atoms with van der Waals surface area (Å²) in [6, 6.07) is 13.2. The average Bonchev–Trinajstić information content (AvgIpc) is 2.63. The normalized spacial score (nSPS) is 10.4. The molecule has 0 aliphatic heterocycles. The van der Waals surface area contributed by atoms with E-state index < -0.39 is 5.91 Å². The number of hydrogen-bond donors (Lipinski definition) is 1. The quantitative estimate of drug-likeness (QED) is 0.746. The third kappa shape index (κ3) is 4.46. The number of rotatable bonds is 5. The summed E-state index contributed by atoms with van der Waals surface area (Å²) >= 11 is 5.91. The zero-order chi connectivity index (χ0) is 18.5. The molecule has 1 amide bonds. The molecule has 0 fully saturated rings. The Morgan fingerprint density at radius 1 is 1.23 bits per heavy atom. The Labute approximate surface area is 154 Å². The monoisotopic (exact) mass is 370 g/mol. The highest BCUT2D eigenvalue weighted by Gasteiger charge is 2.09. The van der Waals surface area contributed by atoms with Gasteiger partial charge in [0.05, 0.1) is 0 Å². The van der Waals surface area contributed by atoms with E-state index in [1.807, 2.05) is 12.1 Å². The van der Waals surface area contributed by atoms with Crippen LogP contribution in [0.4, 0.5) is 5.82 Å². The number of nitrogens with one attached hydrogen (secondary N) is 1. The number of pyridine rings is 1. The Balaban J connectivity index is 1.61. The fourth-order valence-electron chi connectivity index (χ4n) is 2.11. The molecule has 3 aromatic rings. The molecule has 0 aliphatic carbocycles. The summed E-state index contributed by atoms with van der Waals surface area (Å²) in [7, 11) is 1.48. The second kappa shape index (κ2) is 7.79. The fourth-order valence-corrected chi connectivity index (χ4v) is 2.29. The highest BCUT2D eigenvalue weighted by molar-refractivity contribution is 6.30. The largest absolute Gasteiger partial charge is 0.489 e. The van der Waals surface area contributed by atoms with Gasteiger partial charge in [0.25, 0.3) is 11.5 Å². The molecule has 0 aliphatic rings. The zero-order valence-electron chi connectivity index (χ0n) is 13.8. The Morgan fingerprint density at radius 2 is 2.08 bits per heavy atom. The molecule has 0 saturated heterocycles. The predicted octanol–water partition coefficient (Wildman–Crippen LogP) is 2.66. The Hall–Kier alpha value is -3.19. The van der Waals surface area contributed by atoms with Gasteiger partial charge in [-0.1, -0.05) is 23.7 Å². The van der Waals surface area contributed by atoms with Gasteiger partial charge in [0, 0.05) is 29.9 Å². The second-order valence-corrected chi connectivity index (χ2v) is 5.87. The molecule has 0 unspecified atom stereocenters. The van der Waals surface area contributed by atoms with Gasteiger partial charge in [-0.05, 0) is 30.3 Å². The summed E-state index contributed by atoms with van der Waals surface area (Å²) < 4.78 is 6.73. The standard InChI is InChI=1S/C18H15ClN4O3/c1-23-17(24)8-6-15(22-23)18(25)21-16-7-5-12(10-20-16)11-26-14-4-2-3-13(19)9-14/h2-10H,11H2,1H3,(H,20,21,25). The van der Waals surface area contributed by atoms with Crippen molar-refractivity contribution in [3.8, 4) is 5.75 Å². The van der Waals surface area contributed by atoms with Crippen molar-refractivity contribution in [2.24, 2.45) is 7.05 Å². The molecule has 3 rings (SSSR count). The third-order valence-electron chi connectivity index (χ3n) is 3.46. The summed E-state index contributed by atoms with van der Waals surface area (Å²) in [5.41, 5.74) is 0.675. The first kappa shape index (κ1) is 17.6. The fraction of sp³-hybridized carbons (Fsp3) is 0.111. The molecule has 0 spiro atoms. The highest BCUT2D eigenvalue weighted by Crippen LogP contribution is 2.18. The average molecular weight is 371 g/mol. The van der Waals surface area contributed by atoms with E-state index in [-0.39, 0.29) is 11.3 Å². The number of amides is 1. The van der Waals surface area contributed by atoms with E-state index in [1.165, 1.54) is 19.2 Å². The number of benzene rings is 1. The molecule has 8 heteroatoms. The Morgan fingerprint density at radius 3 is 2.77 bits per heavy atom. The van der Waals surface area contributed by atoms with Crippen LogP contribution in [0.2, 0.25) is 5.02 Å². The lowest BCUT2D eigenvalue weighted by atomic mass is 10.3. The Kier molecular flexibility index (Phi) is 5.28. The van der Waals surface area contributed by atoms with Crippen LogP contribution in [0, 0.1) is 0 Å². The van der Waals surface area contributed by atoms with Crippen molar-refractivity contribution in [1.82, 2.24) is 14.8 Å². The molecule has 0 bridgehead atoms. The van der Waals surface area contributed by atoms with Crippen molar-refractivity contribution < 1.29 is 9.53 Å². The minimum atomic E-state index is -0.448. The molecular formula is C18H15ClN4O3. The van der Waals surface area contributed by atoms with E-state index in [9.17, 15) is 9.59 Å². The summed E-state index contributed by atoms with van der Waals surface area (Å²) in [6.07, 6.45) is 1.61. The molecule has 0 atom stereocenters. The maximum absolute atomic E-state index is 12.1. The van der Waals surface area contributed by atoms with Gasteiger partial charge < -0.3 is 10.1 Å². The lowest BCUT2D eigenvalue weighted by molar-refractivity contribution is 0.101. The van der Waals surface area contributed by atoms with E-state index in [1.54, 1.807) is 30.5 Å². The summed E-state index contributed by atoms with van der Waals surface area (Å²) in [5.74, 6) is 0.587. The molecule has 132 valence electrons. The van der Waals surface area contributed by atoms with Gasteiger partial charge in [0.2, 0.25) is 0 Å². The van der Waals surface area contributed by atoms with Crippen molar-refractivity contribution in [2.45, 2.75) is 6.61 Å². The van der Waals surface area contributed by atoms with Crippen LogP contribution in [0.25, 0.3) is 0 Å². The SMILES string of the molecule is Cn1nc(C(=O)Nc2ccc(COc3cccc(Cl)c3)cn2)ccc1=O. The molecule has 2 aromatic heterocycles. The van der Waals surface area contributed by atoms with Crippen LogP contribution < -0.4 is 15.6 Å². The smallest absolute Gasteiger partial charge is 0.277 e. The molecule has 0 saturated carbocycles. The summed E-state index contributed by atoms with van der Waals surface area (Å²) in [6.45, 7) is 0.323. The van der Waals surface area contributed by atoms with E-state index in [0.29, 0.717) is 23.2 Å². The van der Waals surface area contributed by atoms with Crippen LogP contribution in [0.3, 0.4) is 0 Å². The first-order chi connectivity index (χ1) is 12.5. The van der Waals surface area contributed by atoms with Crippen LogP contribution in [0.15, 0.2) is 59.5 Å². The highest BCUT2D eigenvalue weighted by atomic mass is 35.5. The van der Waals surface area contributed by atoms with Crippen LogP contribution in [-0.4, -0.2) is 20.7 Å². The molecule has 1 aromatic carbocycles. The van der Waals surface area contributed by atoms with Crippen molar-refractivity contribution in [1.29, 1.82) is 0 Å². The first-order valence-corrected chi connectivity index (χ1v) is 8.08. The number of aryl methyl sites for hydroxylation is 1. The van der Waals surface area contributed by atoms with Crippen LogP contribution in [-0.2, 0) is 13.7 Å². The van der Waals surface area contributed by atoms with Gasteiger partial charge in [0.1, 0.15) is 23.9 Å². The van der Waals surface area contributed by atoms with Gasteiger partial charge in [-0.2, -0.15) is 5.10 Å². The van der Waals surface area contributed by atoms with E-state index in [0.717, 1.165) is 10.2 Å². The number of carbonyl (C=O) groups is 1. The first-order valence-electron chi connectivity index (χ1n) is 7.70. The van der Waals surface area contributed by atoms with E-state index in [2.05, 4.69) is 15.4 Å². The minimum Gasteiger partial charge on any atom is -0.489 e. The van der Waals surface area contributed by atoms with Crippen molar-refractivity contribution >= 4 is 23.3 Å². The van der Waals surface area contributed by atoms with Crippen molar-refractivity contribution in [3.05, 3.63) is 81.4 Å². The number of ether oxygens (including phenoxy) is 1. The van der Waals surface area contributed by atoms with Gasteiger partial charge in [-0.15, -0.1) is 0 Å². The number of hydrogen-bond acceptors (Lipinski definition) is 5. The number of aromatic nitrogens is 3. The topological polar surface area (TPSA) is 86.1 Å². The number of halogens is 1. The maximum atomic E-state index is 12.1. The van der Waals surface area contributed by atoms with E-state index in [4.69, 9.17) is 16.3 Å². The van der Waals surface area contributed by atoms with Crippen LogP contribution in [0.1, 0.15) is 16.1 Å². The van der Waals surface area contributed by atoms with Crippen molar-refractivity contribution in [3.63, 3.8) is 0 Å². The number of carbonyl (C=O) groups excluding carboxylic acids is 1. The second-order valence-electron chi connectivity index (χ2n) is 5.43. The Bertz CT molecular complexity index is 986. The van der Waals surface area contributed by atoms with Crippen LogP contribution in [0.5, 0.6) is 5.75 Å². The summed E-state index contributed by atoms with van der Waals surface area (Å²) in [4.78, 5) is 27.6. The van der Waals surface area contributed by atoms with E-state index >= 15 is 0 Å². The lowest BCUT2D eigenvalue weighted by Gasteiger charge is -2.08. The molecule has 1 N–H and O–H groups in total. The van der Waals surface area contributed by atoms with Crippen LogP contribution >= 0.6 is 11.6 Å². The third-order valence-corrected chi connectivity index (χ3v) is 3.70.